The number of hydrogen-bond donors (Lipinski definition) is 1. The van der Waals surface area contributed by atoms with Crippen LogP contribution in [0.4, 0.5) is 5.82 Å². The Bertz CT molecular complexity index is 774. The Balaban J connectivity index is 2.03. The van der Waals surface area contributed by atoms with Crippen molar-refractivity contribution in [3.63, 3.8) is 0 Å². The fourth-order valence-electron chi connectivity index (χ4n) is 3.07. The third kappa shape index (κ3) is 4.32. The molecule has 1 aliphatic rings. The predicted molar refractivity (Wildman–Crippen MR) is 113 cm³/mol. The molecule has 0 aliphatic carbocycles. The van der Waals surface area contributed by atoms with Crippen molar-refractivity contribution in [1.29, 1.82) is 0 Å². The molecular weight excluding hydrogens is 364 g/mol. The van der Waals surface area contributed by atoms with Crippen LogP contribution in [0.15, 0.2) is 5.16 Å². The number of fused-ring (bicyclic) bond motifs is 3. The third-order valence-corrected chi connectivity index (χ3v) is 6.72. The highest BCUT2D eigenvalue weighted by atomic mass is 32.2. The van der Waals surface area contributed by atoms with Gasteiger partial charge in [-0.1, -0.05) is 32.5 Å². The van der Waals surface area contributed by atoms with Crippen molar-refractivity contribution in [2.24, 2.45) is 0 Å². The van der Waals surface area contributed by atoms with Crippen LogP contribution in [0.25, 0.3) is 10.2 Å². The van der Waals surface area contributed by atoms with E-state index >= 15 is 0 Å². The van der Waals surface area contributed by atoms with Crippen LogP contribution in [0.3, 0.4) is 0 Å². The molecule has 3 heterocycles. The summed E-state index contributed by atoms with van der Waals surface area (Å²) in [7, 11) is 4.18. The molecule has 0 amide bonds. The molecule has 3 rings (SSSR count). The summed E-state index contributed by atoms with van der Waals surface area (Å²) in [5.41, 5.74) is 1.29. The number of nitrogens with one attached hydrogen (secondary N) is 1. The molecule has 0 spiro atoms. The maximum Gasteiger partial charge on any atom is 0.191 e. The lowest BCUT2D eigenvalue weighted by molar-refractivity contribution is -0.0542. The van der Waals surface area contributed by atoms with Gasteiger partial charge in [0, 0.05) is 29.6 Å². The summed E-state index contributed by atoms with van der Waals surface area (Å²) >= 11 is 3.49. The maximum absolute atomic E-state index is 6.15. The van der Waals surface area contributed by atoms with Crippen LogP contribution in [-0.2, 0) is 17.8 Å². The first-order valence-corrected chi connectivity index (χ1v) is 11.0. The third-order valence-electron chi connectivity index (χ3n) is 4.76. The zero-order chi connectivity index (χ0) is 18.9. The summed E-state index contributed by atoms with van der Waals surface area (Å²) in [6, 6.07) is 0. The van der Waals surface area contributed by atoms with E-state index < -0.39 is 0 Å². The van der Waals surface area contributed by atoms with Gasteiger partial charge in [0.15, 0.2) is 5.16 Å². The number of ether oxygens (including phenoxy) is 1. The molecule has 0 aromatic carbocycles. The molecule has 0 saturated carbocycles. The van der Waals surface area contributed by atoms with Crippen molar-refractivity contribution in [3.8, 4) is 0 Å². The summed E-state index contributed by atoms with van der Waals surface area (Å²) in [6.07, 6.45) is 1.94. The first kappa shape index (κ1) is 19.9. The number of likely N-dealkylation sites (N-methyl/N-ethyl adjacent to an activating group) is 1. The smallest absolute Gasteiger partial charge is 0.191 e. The molecule has 1 atom stereocenters. The van der Waals surface area contributed by atoms with E-state index in [0.717, 1.165) is 41.7 Å². The highest BCUT2D eigenvalue weighted by Gasteiger charge is 2.33. The summed E-state index contributed by atoms with van der Waals surface area (Å²) in [5, 5.41) is 6.10. The van der Waals surface area contributed by atoms with Crippen molar-refractivity contribution < 1.29 is 4.74 Å². The number of rotatable bonds is 7. The van der Waals surface area contributed by atoms with Gasteiger partial charge in [-0.2, -0.15) is 0 Å². The van der Waals surface area contributed by atoms with Gasteiger partial charge in [-0.3, -0.25) is 0 Å². The molecule has 5 nitrogen and oxygen atoms in total. The molecule has 2 aromatic rings. The van der Waals surface area contributed by atoms with E-state index in [-0.39, 0.29) is 5.60 Å². The summed E-state index contributed by atoms with van der Waals surface area (Å²) in [4.78, 5) is 14.3. The molecule has 0 saturated heterocycles. The minimum Gasteiger partial charge on any atom is -0.369 e. The lowest BCUT2D eigenvalue weighted by Gasteiger charge is -2.33. The van der Waals surface area contributed by atoms with Gasteiger partial charge in [-0.25, -0.2) is 9.97 Å². The monoisotopic (exact) mass is 394 g/mol. The molecule has 0 unspecified atom stereocenters. The van der Waals surface area contributed by atoms with Crippen molar-refractivity contribution in [2.75, 3.05) is 32.5 Å². The Morgan fingerprint density at radius 1 is 1.35 bits per heavy atom. The van der Waals surface area contributed by atoms with Gasteiger partial charge < -0.3 is 15.0 Å². The van der Waals surface area contributed by atoms with Gasteiger partial charge in [0.2, 0.25) is 0 Å². The fraction of sp³-hybridized carbons (Fsp3) is 0.684. The zero-order valence-electron chi connectivity index (χ0n) is 16.7. The van der Waals surface area contributed by atoms with E-state index in [2.05, 4.69) is 52.0 Å². The van der Waals surface area contributed by atoms with Gasteiger partial charge in [0.1, 0.15) is 10.6 Å². The first-order valence-electron chi connectivity index (χ1n) is 9.33. The zero-order valence-corrected chi connectivity index (χ0v) is 18.3. The van der Waals surface area contributed by atoms with Gasteiger partial charge in [0.05, 0.1) is 17.6 Å². The minimum atomic E-state index is -0.0900. The largest absolute Gasteiger partial charge is 0.369 e. The van der Waals surface area contributed by atoms with E-state index in [1.807, 2.05) is 0 Å². The van der Waals surface area contributed by atoms with Crippen LogP contribution in [0, 0.1) is 0 Å². The van der Waals surface area contributed by atoms with Crippen LogP contribution in [0.5, 0.6) is 0 Å². The van der Waals surface area contributed by atoms with Crippen molar-refractivity contribution in [3.05, 3.63) is 10.4 Å². The Morgan fingerprint density at radius 2 is 2.12 bits per heavy atom. The van der Waals surface area contributed by atoms with Crippen molar-refractivity contribution >= 4 is 39.1 Å². The molecule has 0 radical (unpaired) electrons. The molecule has 26 heavy (non-hydrogen) atoms. The molecular formula is C19H30N4OS2. The summed E-state index contributed by atoms with van der Waals surface area (Å²) < 4.78 is 6.15. The van der Waals surface area contributed by atoms with Crippen LogP contribution in [0.2, 0.25) is 0 Å². The number of anilines is 1. The standard InChI is InChI=1S/C19H30N4OS2/c1-7-19(4)10-13-14(11-24-19)26-17-15(13)16(20-8-9-23(5)6)21-18(22-17)25-12(2)3/h12H,7-11H2,1-6H3,(H,20,21,22)/t19-/m1/s1. The van der Waals surface area contributed by atoms with Crippen molar-refractivity contribution in [2.45, 2.75) is 63.2 Å². The normalized spacial score (nSPS) is 20.2. The average Bonchev–Trinajstić information content (AvgIpc) is 2.91. The highest BCUT2D eigenvalue weighted by molar-refractivity contribution is 7.99. The quantitative estimate of drug-likeness (QED) is 0.555. The summed E-state index contributed by atoms with van der Waals surface area (Å²) in [6.45, 7) is 11.3. The molecule has 1 aliphatic heterocycles. The Morgan fingerprint density at radius 3 is 2.77 bits per heavy atom. The van der Waals surface area contributed by atoms with Crippen LogP contribution >= 0.6 is 23.1 Å². The van der Waals surface area contributed by atoms with Crippen molar-refractivity contribution in [1.82, 2.24) is 14.9 Å². The Kier molecular flexibility index (Phi) is 6.11. The molecule has 1 N–H and O–H groups in total. The van der Waals surface area contributed by atoms with Gasteiger partial charge in [-0.15, -0.1) is 11.3 Å². The van der Waals surface area contributed by atoms with Gasteiger partial charge in [0.25, 0.3) is 0 Å². The average molecular weight is 395 g/mol. The SMILES string of the molecule is CC[C@]1(C)Cc2c(sc3nc(SC(C)C)nc(NCCN(C)C)c23)CO1. The topological polar surface area (TPSA) is 50.3 Å². The van der Waals surface area contributed by atoms with Crippen LogP contribution < -0.4 is 5.32 Å². The first-order chi connectivity index (χ1) is 12.3. The second-order valence-corrected chi connectivity index (χ2v) is 10.3. The number of hydrogen-bond acceptors (Lipinski definition) is 7. The molecule has 2 aromatic heterocycles. The summed E-state index contributed by atoms with van der Waals surface area (Å²) in [5.74, 6) is 0.984. The Hall–Kier alpha value is -0.890. The molecule has 0 fully saturated rings. The van der Waals surface area contributed by atoms with Gasteiger partial charge in [-0.05, 0) is 33.0 Å². The minimum absolute atomic E-state index is 0.0900. The van der Waals surface area contributed by atoms with Crippen LogP contribution in [0.1, 0.15) is 44.6 Å². The number of nitrogens with zero attached hydrogens (tertiary/aromatic N) is 3. The van der Waals surface area contributed by atoms with E-state index in [1.54, 1.807) is 23.1 Å². The van der Waals surface area contributed by atoms with E-state index in [9.17, 15) is 0 Å². The Labute approximate surface area is 164 Å². The second kappa shape index (κ2) is 8.00. The van der Waals surface area contributed by atoms with E-state index in [4.69, 9.17) is 14.7 Å². The number of aromatic nitrogens is 2. The number of thiophene rings is 1. The number of thioether (sulfide) groups is 1. The molecule has 144 valence electrons. The lowest BCUT2D eigenvalue weighted by Crippen LogP contribution is -2.34. The maximum atomic E-state index is 6.15. The van der Waals surface area contributed by atoms with E-state index in [0.29, 0.717) is 11.9 Å². The molecule has 7 heteroatoms. The van der Waals surface area contributed by atoms with E-state index in [1.165, 1.54) is 15.8 Å². The second-order valence-electron chi connectivity index (χ2n) is 7.70. The lowest BCUT2D eigenvalue weighted by atomic mass is 9.90. The van der Waals surface area contributed by atoms with Crippen LogP contribution in [-0.4, -0.2) is 52.9 Å². The van der Waals surface area contributed by atoms with Gasteiger partial charge >= 0.3 is 0 Å². The highest BCUT2D eigenvalue weighted by Crippen LogP contribution is 2.42. The predicted octanol–water partition coefficient (Wildman–Crippen LogP) is 4.41. The molecule has 0 bridgehead atoms. The fourth-order valence-corrected chi connectivity index (χ4v) is 4.94.